The van der Waals surface area contributed by atoms with E-state index < -0.39 is 0 Å². The van der Waals surface area contributed by atoms with Crippen molar-refractivity contribution in [3.63, 3.8) is 0 Å². The number of nitrogens with zero attached hydrogens (tertiary/aromatic N) is 2. The summed E-state index contributed by atoms with van der Waals surface area (Å²) in [5.41, 5.74) is 7.34. The van der Waals surface area contributed by atoms with Gasteiger partial charge >= 0.3 is 0 Å². The minimum absolute atomic E-state index is 0.0510. The molecule has 0 spiro atoms. The number of nitrogen functional groups attached to an aromatic ring is 1. The highest BCUT2D eigenvalue weighted by Gasteiger charge is 2.27. The zero-order chi connectivity index (χ0) is 14.5. The lowest BCUT2D eigenvalue weighted by atomic mass is 10.1. The van der Waals surface area contributed by atoms with Crippen molar-refractivity contribution in [3.8, 4) is 0 Å². The fourth-order valence-electron chi connectivity index (χ4n) is 2.69. The predicted octanol–water partition coefficient (Wildman–Crippen LogP) is 1.72. The number of aryl methyl sites for hydroxylation is 1. The summed E-state index contributed by atoms with van der Waals surface area (Å²) in [5.74, 6) is 0.917. The van der Waals surface area contributed by atoms with Crippen LogP contribution in [0.4, 0.5) is 5.82 Å². The van der Waals surface area contributed by atoms with Crippen LogP contribution in [0.1, 0.15) is 35.8 Å². The number of ether oxygens (including phenoxy) is 1. The van der Waals surface area contributed by atoms with Gasteiger partial charge in [0.15, 0.2) is 0 Å². The van der Waals surface area contributed by atoms with E-state index in [1.165, 1.54) is 0 Å². The summed E-state index contributed by atoms with van der Waals surface area (Å²) in [6.45, 7) is 4.35. The third kappa shape index (κ3) is 3.48. The van der Waals surface area contributed by atoms with E-state index in [9.17, 15) is 4.79 Å². The zero-order valence-corrected chi connectivity index (χ0v) is 12.3. The van der Waals surface area contributed by atoms with Gasteiger partial charge in [-0.3, -0.25) is 4.79 Å². The Bertz CT molecular complexity index is 476. The van der Waals surface area contributed by atoms with Gasteiger partial charge in [0, 0.05) is 37.4 Å². The SMILES string of the molecule is CCCc1cc(C(=O)N2CCC(COC)C2)cc(N)n1. The van der Waals surface area contributed by atoms with Gasteiger partial charge < -0.3 is 15.4 Å². The Labute approximate surface area is 120 Å². The van der Waals surface area contributed by atoms with Gasteiger partial charge in [0.25, 0.3) is 5.91 Å². The number of methoxy groups -OCH3 is 1. The molecule has 1 amide bonds. The number of amides is 1. The number of pyridine rings is 1. The molecule has 0 radical (unpaired) electrons. The molecule has 2 rings (SSSR count). The van der Waals surface area contributed by atoms with Crippen molar-refractivity contribution in [1.29, 1.82) is 0 Å². The lowest BCUT2D eigenvalue weighted by Gasteiger charge is -2.17. The van der Waals surface area contributed by atoms with Gasteiger partial charge in [0.1, 0.15) is 5.82 Å². The molecule has 1 aromatic rings. The molecule has 2 heterocycles. The first-order valence-corrected chi connectivity index (χ1v) is 7.18. The first-order valence-electron chi connectivity index (χ1n) is 7.18. The van der Waals surface area contributed by atoms with E-state index >= 15 is 0 Å². The van der Waals surface area contributed by atoms with E-state index in [0.29, 0.717) is 23.9 Å². The standard InChI is InChI=1S/C15H23N3O2/c1-3-4-13-7-12(8-14(16)17-13)15(19)18-6-5-11(9-18)10-20-2/h7-8,11H,3-6,9-10H2,1-2H3,(H2,16,17). The Balaban J connectivity index is 2.09. The monoisotopic (exact) mass is 277 g/mol. The summed E-state index contributed by atoms with van der Waals surface area (Å²) in [4.78, 5) is 18.7. The van der Waals surface area contributed by atoms with Gasteiger partial charge in [-0.15, -0.1) is 0 Å². The maximum absolute atomic E-state index is 12.5. The maximum Gasteiger partial charge on any atom is 0.254 e. The molecule has 1 atom stereocenters. The molecule has 0 aliphatic carbocycles. The van der Waals surface area contributed by atoms with Crippen molar-refractivity contribution >= 4 is 11.7 Å². The smallest absolute Gasteiger partial charge is 0.254 e. The largest absolute Gasteiger partial charge is 0.384 e. The average Bonchev–Trinajstić information content (AvgIpc) is 2.86. The number of aromatic nitrogens is 1. The van der Waals surface area contributed by atoms with Gasteiger partial charge in [0.2, 0.25) is 0 Å². The molecular formula is C15H23N3O2. The van der Waals surface area contributed by atoms with E-state index in [0.717, 1.165) is 38.0 Å². The third-order valence-electron chi connectivity index (χ3n) is 3.63. The second kappa shape index (κ2) is 6.70. The number of rotatable bonds is 5. The summed E-state index contributed by atoms with van der Waals surface area (Å²) in [6.07, 6.45) is 2.84. The van der Waals surface area contributed by atoms with Crippen LogP contribution in [0.2, 0.25) is 0 Å². The minimum atomic E-state index is 0.0510. The van der Waals surface area contributed by atoms with Crippen molar-refractivity contribution in [2.24, 2.45) is 5.92 Å². The summed E-state index contributed by atoms with van der Waals surface area (Å²) in [5, 5.41) is 0. The van der Waals surface area contributed by atoms with Crippen molar-refractivity contribution in [2.75, 3.05) is 32.5 Å². The quantitative estimate of drug-likeness (QED) is 0.890. The number of hydrogen-bond acceptors (Lipinski definition) is 4. The zero-order valence-electron chi connectivity index (χ0n) is 12.3. The first kappa shape index (κ1) is 14.8. The van der Waals surface area contributed by atoms with Crippen LogP contribution in [0.3, 0.4) is 0 Å². The number of likely N-dealkylation sites (tertiary alicyclic amines) is 1. The van der Waals surface area contributed by atoms with Gasteiger partial charge in [-0.2, -0.15) is 0 Å². The second-order valence-corrected chi connectivity index (χ2v) is 5.38. The molecule has 1 aliphatic heterocycles. The molecule has 20 heavy (non-hydrogen) atoms. The molecule has 1 unspecified atom stereocenters. The molecule has 1 saturated heterocycles. The highest BCUT2D eigenvalue weighted by atomic mass is 16.5. The third-order valence-corrected chi connectivity index (χ3v) is 3.63. The van der Waals surface area contributed by atoms with Gasteiger partial charge in [-0.25, -0.2) is 4.98 Å². The fourth-order valence-corrected chi connectivity index (χ4v) is 2.69. The lowest BCUT2D eigenvalue weighted by molar-refractivity contribution is 0.0775. The van der Waals surface area contributed by atoms with E-state index in [2.05, 4.69) is 11.9 Å². The minimum Gasteiger partial charge on any atom is -0.384 e. The Hall–Kier alpha value is -1.62. The van der Waals surface area contributed by atoms with Crippen molar-refractivity contribution in [2.45, 2.75) is 26.2 Å². The Morgan fingerprint density at radius 1 is 1.55 bits per heavy atom. The number of anilines is 1. The molecule has 0 aromatic carbocycles. The summed E-state index contributed by atoms with van der Waals surface area (Å²) in [7, 11) is 1.70. The maximum atomic E-state index is 12.5. The van der Waals surface area contributed by atoms with Gasteiger partial charge in [-0.05, 0) is 25.0 Å². The first-order chi connectivity index (χ1) is 9.63. The molecule has 0 saturated carbocycles. The van der Waals surface area contributed by atoms with Crippen LogP contribution < -0.4 is 5.73 Å². The molecule has 5 nitrogen and oxygen atoms in total. The molecule has 0 bridgehead atoms. The van der Waals surface area contributed by atoms with Crippen LogP contribution >= 0.6 is 0 Å². The number of carbonyl (C=O) groups excluding carboxylic acids is 1. The van der Waals surface area contributed by atoms with Crippen LogP contribution in [0.5, 0.6) is 0 Å². The van der Waals surface area contributed by atoms with E-state index in [4.69, 9.17) is 10.5 Å². The number of nitrogens with two attached hydrogens (primary N) is 1. The molecular weight excluding hydrogens is 254 g/mol. The summed E-state index contributed by atoms with van der Waals surface area (Å²) in [6, 6.07) is 3.54. The molecule has 110 valence electrons. The normalized spacial score (nSPS) is 18.5. The molecule has 2 N–H and O–H groups in total. The number of carbonyl (C=O) groups is 1. The van der Waals surface area contributed by atoms with E-state index in [1.807, 2.05) is 11.0 Å². The second-order valence-electron chi connectivity index (χ2n) is 5.38. The average molecular weight is 277 g/mol. The lowest BCUT2D eigenvalue weighted by Crippen LogP contribution is -2.29. The van der Waals surface area contributed by atoms with Gasteiger partial charge in [0.05, 0.1) is 6.61 Å². The van der Waals surface area contributed by atoms with Crippen molar-refractivity contribution < 1.29 is 9.53 Å². The van der Waals surface area contributed by atoms with Crippen molar-refractivity contribution in [1.82, 2.24) is 9.88 Å². The highest BCUT2D eigenvalue weighted by molar-refractivity contribution is 5.95. The van der Waals surface area contributed by atoms with Crippen LogP contribution in [0.25, 0.3) is 0 Å². The Morgan fingerprint density at radius 3 is 3.05 bits per heavy atom. The fraction of sp³-hybridized carbons (Fsp3) is 0.600. The molecule has 1 aliphatic rings. The van der Waals surface area contributed by atoms with Crippen LogP contribution in [0, 0.1) is 5.92 Å². The topological polar surface area (TPSA) is 68.5 Å². The summed E-state index contributed by atoms with van der Waals surface area (Å²) < 4.78 is 5.16. The predicted molar refractivity (Wildman–Crippen MR) is 78.5 cm³/mol. The Kier molecular flexibility index (Phi) is 4.95. The Morgan fingerprint density at radius 2 is 2.35 bits per heavy atom. The van der Waals surface area contributed by atoms with E-state index in [1.54, 1.807) is 13.2 Å². The highest BCUT2D eigenvalue weighted by Crippen LogP contribution is 2.20. The van der Waals surface area contributed by atoms with Crippen LogP contribution in [0.15, 0.2) is 12.1 Å². The number of hydrogen-bond donors (Lipinski definition) is 1. The van der Waals surface area contributed by atoms with Crippen molar-refractivity contribution in [3.05, 3.63) is 23.4 Å². The molecule has 1 fully saturated rings. The van der Waals surface area contributed by atoms with Gasteiger partial charge in [-0.1, -0.05) is 13.3 Å². The van der Waals surface area contributed by atoms with E-state index in [-0.39, 0.29) is 5.91 Å². The van der Waals surface area contributed by atoms with Crippen LogP contribution in [-0.2, 0) is 11.2 Å². The molecule has 1 aromatic heterocycles. The summed E-state index contributed by atoms with van der Waals surface area (Å²) >= 11 is 0. The van der Waals surface area contributed by atoms with Crippen LogP contribution in [-0.4, -0.2) is 42.6 Å². The molecule has 5 heteroatoms.